The summed E-state index contributed by atoms with van der Waals surface area (Å²) < 4.78 is 16.6. The summed E-state index contributed by atoms with van der Waals surface area (Å²) in [5, 5.41) is 5.66. The molecule has 0 bridgehead atoms. The van der Waals surface area contributed by atoms with Gasteiger partial charge in [0.05, 0.1) is 44.6 Å². The van der Waals surface area contributed by atoms with E-state index in [1.807, 2.05) is 22.4 Å². The third-order valence-corrected chi connectivity index (χ3v) is 6.40. The van der Waals surface area contributed by atoms with Crippen LogP contribution in [-0.4, -0.2) is 48.8 Å². The first kappa shape index (κ1) is 22.3. The van der Waals surface area contributed by atoms with E-state index in [1.165, 1.54) is 11.8 Å². The summed E-state index contributed by atoms with van der Waals surface area (Å²) in [4.78, 5) is 32.3. The zero-order valence-corrected chi connectivity index (χ0v) is 19.5. The molecule has 3 aliphatic rings. The lowest BCUT2D eigenvalue weighted by molar-refractivity contribution is -0.139. The molecule has 4 rings (SSSR count). The second kappa shape index (κ2) is 9.28. The number of carbonyl (C=O) groups excluding carboxylic acids is 2. The van der Waals surface area contributed by atoms with Crippen molar-refractivity contribution in [3.63, 3.8) is 0 Å². The van der Waals surface area contributed by atoms with Gasteiger partial charge < -0.3 is 24.4 Å². The van der Waals surface area contributed by atoms with Gasteiger partial charge in [0.25, 0.3) is 0 Å². The lowest BCUT2D eigenvalue weighted by Gasteiger charge is -2.37. The number of fused-ring (bicyclic) bond motifs is 1. The van der Waals surface area contributed by atoms with Crippen LogP contribution in [0.4, 0.5) is 0 Å². The number of hydrogen-bond acceptors (Lipinski definition) is 8. The van der Waals surface area contributed by atoms with Crippen LogP contribution in [0.3, 0.4) is 0 Å². The Bertz CT molecular complexity index is 1030. The van der Waals surface area contributed by atoms with E-state index in [4.69, 9.17) is 14.2 Å². The van der Waals surface area contributed by atoms with Crippen molar-refractivity contribution in [2.24, 2.45) is 4.99 Å². The summed E-state index contributed by atoms with van der Waals surface area (Å²) in [6.07, 6.45) is 2.24. The Morgan fingerprint density at radius 2 is 2.03 bits per heavy atom. The number of carbonyl (C=O) groups is 2. The van der Waals surface area contributed by atoms with Gasteiger partial charge in [0.2, 0.25) is 5.91 Å². The summed E-state index contributed by atoms with van der Waals surface area (Å²) >= 11 is 1.44. The number of thioether (sulfide) groups is 1. The van der Waals surface area contributed by atoms with Crippen molar-refractivity contribution >= 4 is 28.8 Å². The summed E-state index contributed by atoms with van der Waals surface area (Å²) in [7, 11) is 3.14. The van der Waals surface area contributed by atoms with Gasteiger partial charge in [-0.1, -0.05) is 23.9 Å². The first-order chi connectivity index (χ1) is 15.5. The van der Waals surface area contributed by atoms with Crippen LogP contribution in [0, 0.1) is 0 Å². The molecular weight excluding hydrogens is 430 g/mol. The van der Waals surface area contributed by atoms with E-state index in [0.29, 0.717) is 27.9 Å². The predicted molar refractivity (Wildman–Crippen MR) is 122 cm³/mol. The quantitative estimate of drug-likeness (QED) is 0.598. The van der Waals surface area contributed by atoms with Crippen molar-refractivity contribution < 1.29 is 23.8 Å². The molecule has 0 saturated heterocycles. The lowest BCUT2D eigenvalue weighted by Crippen LogP contribution is -2.38. The molecule has 1 N–H and O–H groups in total. The summed E-state index contributed by atoms with van der Waals surface area (Å²) in [5.41, 5.74) is 2.50. The molecule has 1 saturated carbocycles. The Hall–Kier alpha value is -2.94. The zero-order valence-electron chi connectivity index (χ0n) is 18.6. The number of nitrogens with zero attached hydrogens (tertiary/aromatic N) is 2. The van der Waals surface area contributed by atoms with Crippen LogP contribution in [0.25, 0.3) is 0 Å². The Balaban J connectivity index is 1.79. The molecule has 32 heavy (non-hydrogen) atoms. The van der Waals surface area contributed by atoms with Crippen molar-refractivity contribution in [2.45, 2.75) is 45.2 Å². The smallest absolute Gasteiger partial charge is 0.338 e. The van der Waals surface area contributed by atoms with Gasteiger partial charge in [-0.25, -0.2) is 9.79 Å². The molecule has 1 aromatic rings. The van der Waals surface area contributed by atoms with E-state index in [-0.39, 0.29) is 25.0 Å². The molecule has 8 nitrogen and oxygen atoms in total. The molecule has 0 unspecified atom stereocenters. The molecule has 2 heterocycles. The molecule has 1 fully saturated rings. The highest BCUT2D eigenvalue weighted by Crippen LogP contribution is 2.48. The van der Waals surface area contributed by atoms with Gasteiger partial charge in [-0.15, -0.1) is 0 Å². The van der Waals surface area contributed by atoms with Crippen LogP contribution in [0.5, 0.6) is 11.5 Å². The maximum Gasteiger partial charge on any atom is 0.338 e. The zero-order chi connectivity index (χ0) is 22.8. The van der Waals surface area contributed by atoms with Gasteiger partial charge in [-0.3, -0.25) is 4.79 Å². The van der Waals surface area contributed by atoms with E-state index in [1.54, 1.807) is 34.1 Å². The van der Waals surface area contributed by atoms with Gasteiger partial charge in [-0.05, 0) is 38.2 Å². The molecule has 1 aromatic carbocycles. The van der Waals surface area contributed by atoms with Gasteiger partial charge in [0, 0.05) is 17.3 Å². The summed E-state index contributed by atoms with van der Waals surface area (Å²) in [6, 6.07) is 5.26. The second-order valence-electron chi connectivity index (χ2n) is 7.71. The average Bonchev–Trinajstić information content (AvgIpc) is 3.51. The molecule has 170 valence electrons. The van der Waals surface area contributed by atoms with Gasteiger partial charge in [0.1, 0.15) is 0 Å². The third kappa shape index (κ3) is 4.21. The normalized spacial score (nSPS) is 19.8. The number of esters is 1. The van der Waals surface area contributed by atoms with Crippen LogP contribution < -0.4 is 14.8 Å². The first-order valence-electron chi connectivity index (χ1n) is 10.6. The molecular formula is C23H27N3O5S. The number of rotatable bonds is 8. The highest BCUT2D eigenvalue weighted by molar-refractivity contribution is 8.16. The van der Waals surface area contributed by atoms with Crippen molar-refractivity contribution in [2.75, 3.05) is 20.8 Å². The Kier molecular flexibility index (Phi) is 6.45. The number of ether oxygens (including phenoxy) is 3. The number of hydrogen-bond donors (Lipinski definition) is 1. The van der Waals surface area contributed by atoms with Gasteiger partial charge >= 0.3 is 5.97 Å². The van der Waals surface area contributed by atoms with Crippen LogP contribution in [0.15, 0.2) is 45.6 Å². The number of aliphatic imine (C=N–C) groups is 1. The van der Waals surface area contributed by atoms with E-state index in [9.17, 15) is 9.59 Å². The predicted octanol–water partition coefficient (Wildman–Crippen LogP) is 3.51. The molecule has 1 aliphatic carbocycles. The van der Waals surface area contributed by atoms with Crippen LogP contribution in [0.1, 0.15) is 44.7 Å². The number of benzene rings is 1. The maximum atomic E-state index is 13.1. The number of methoxy groups -OCH3 is 2. The molecule has 1 atom stereocenters. The van der Waals surface area contributed by atoms with E-state index in [2.05, 4.69) is 10.3 Å². The third-order valence-electron chi connectivity index (χ3n) is 5.51. The van der Waals surface area contributed by atoms with Crippen LogP contribution >= 0.6 is 11.8 Å². The summed E-state index contributed by atoms with van der Waals surface area (Å²) in [5.74, 6) is 0.593. The minimum absolute atomic E-state index is 0.0408. The Labute approximate surface area is 191 Å². The van der Waals surface area contributed by atoms with E-state index < -0.39 is 12.0 Å². The first-order valence-corrected chi connectivity index (χ1v) is 11.5. The van der Waals surface area contributed by atoms with Crippen molar-refractivity contribution in [1.82, 2.24) is 10.2 Å². The maximum absolute atomic E-state index is 13.1. The SMILES string of the molecule is CCOC(=O)C1=C(C)N=C2SC=C(CC(=O)NC3CC3)N2[C@@H]1c1cccc(OC)c1OC. The number of para-hydroxylation sites is 1. The molecule has 1 amide bonds. The highest BCUT2D eigenvalue weighted by atomic mass is 32.2. The Morgan fingerprint density at radius 1 is 1.25 bits per heavy atom. The van der Waals surface area contributed by atoms with Gasteiger partial charge in [0.15, 0.2) is 16.7 Å². The van der Waals surface area contributed by atoms with E-state index in [0.717, 1.165) is 24.1 Å². The molecule has 0 spiro atoms. The van der Waals surface area contributed by atoms with Crippen molar-refractivity contribution in [3.8, 4) is 11.5 Å². The molecule has 0 aromatic heterocycles. The fraction of sp³-hybridized carbons (Fsp3) is 0.435. The van der Waals surface area contributed by atoms with Gasteiger partial charge in [-0.2, -0.15) is 0 Å². The monoisotopic (exact) mass is 457 g/mol. The standard InChI is InChI=1S/C23H27N3O5S/c1-5-31-22(28)19-13(2)24-23-26(15(12-32-23)11-18(27)25-14-9-10-14)20(19)16-7-6-8-17(29-3)21(16)30-4/h6-8,12,14,20H,5,9-11H2,1-4H3,(H,25,27)/t20-/m1/s1. The van der Waals surface area contributed by atoms with Crippen molar-refractivity contribution in [3.05, 3.63) is 46.1 Å². The molecule has 2 aliphatic heterocycles. The number of amidine groups is 1. The summed E-state index contributed by atoms with van der Waals surface area (Å²) in [6.45, 7) is 3.82. The average molecular weight is 458 g/mol. The second-order valence-corrected chi connectivity index (χ2v) is 8.55. The largest absolute Gasteiger partial charge is 0.493 e. The minimum Gasteiger partial charge on any atom is -0.493 e. The van der Waals surface area contributed by atoms with E-state index >= 15 is 0 Å². The number of amides is 1. The van der Waals surface area contributed by atoms with Crippen LogP contribution in [-0.2, 0) is 14.3 Å². The Morgan fingerprint density at radius 3 is 2.69 bits per heavy atom. The fourth-order valence-corrected chi connectivity index (χ4v) is 4.90. The number of nitrogens with one attached hydrogen (secondary N) is 1. The molecule has 9 heteroatoms. The molecule has 0 radical (unpaired) electrons. The minimum atomic E-state index is -0.568. The topological polar surface area (TPSA) is 89.5 Å². The highest BCUT2D eigenvalue weighted by Gasteiger charge is 2.43. The van der Waals surface area contributed by atoms with Crippen molar-refractivity contribution in [1.29, 1.82) is 0 Å². The lowest BCUT2D eigenvalue weighted by atomic mass is 9.92. The van der Waals surface area contributed by atoms with Crippen LogP contribution in [0.2, 0.25) is 0 Å². The number of allylic oxidation sites excluding steroid dienone is 1. The fourth-order valence-electron chi connectivity index (χ4n) is 3.93.